The number of aryl methyl sites for hydroxylation is 1. The van der Waals surface area contributed by atoms with E-state index in [1.807, 2.05) is 31.2 Å². The maximum Gasteiger partial charge on any atom is 0.408 e. The molecule has 1 aromatic carbocycles. The molecule has 0 spiro atoms. The summed E-state index contributed by atoms with van der Waals surface area (Å²) in [5, 5.41) is 5.73. The maximum absolute atomic E-state index is 13.8. The molecule has 1 aromatic rings. The number of amides is 3. The van der Waals surface area contributed by atoms with E-state index in [-0.39, 0.29) is 11.8 Å². The zero-order valence-corrected chi connectivity index (χ0v) is 24.3. The highest BCUT2D eigenvalue weighted by Gasteiger charge is 2.35. The molecule has 0 saturated carbocycles. The van der Waals surface area contributed by atoms with Crippen molar-refractivity contribution < 1.29 is 19.1 Å². The first-order valence-electron chi connectivity index (χ1n) is 14.1. The van der Waals surface area contributed by atoms with E-state index in [0.29, 0.717) is 13.1 Å². The molecule has 2 N–H and O–H groups in total. The van der Waals surface area contributed by atoms with Gasteiger partial charge in [0.1, 0.15) is 17.7 Å². The molecule has 0 aliphatic carbocycles. The molecular formula is C30H51N3O4. The maximum atomic E-state index is 13.8. The highest BCUT2D eigenvalue weighted by atomic mass is 16.6. The normalized spacial score (nSPS) is 12.9. The number of carbonyl (C=O) groups excluding carboxylic acids is 3. The molecular weight excluding hydrogens is 466 g/mol. The Morgan fingerprint density at radius 2 is 1.51 bits per heavy atom. The van der Waals surface area contributed by atoms with Crippen molar-refractivity contribution in [2.45, 2.75) is 124 Å². The van der Waals surface area contributed by atoms with Crippen molar-refractivity contribution in [3.63, 3.8) is 0 Å². The Hall–Kier alpha value is -2.57. The van der Waals surface area contributed by atoms with Crippen molar-refractivity contribution in [3.8, 4) is 0 Å². The second-order valence-electron chi connectivity index (χ2n) is 10.9. The van der Waals surface area contributed by atoms with Gasteiger partial charge >= 0.3 is 6.09 Å². The van der Waals surface area contributed by atoms with E-state index in [1.165, 1.54) is 19.3 Å². The first-order chi connectivity index (χ1) is 17.5. The summed E-state index contributed by atoms with van der Waals surface area (Å²) in [5.41, 5.74) is 1.08. The molecule has 0 aliphatic rings. The van der Waals surface area contributed by atoms with Gasteiger partial charge in [0.2, 0.25) is 11.8 Å². The van der Waals surface area contributed by atoms with E-state index in [4.69, 9.17) is 4.74 Å². The van der Waals surface area contributed by atoms with Gasteiger partial charge in [0, 0.05) is 13.1 Å². The number of rotatable bonds is 16. The minimum absolute atomic E-state index is 0.186. The Morgan fingerprint density at radius 3 is 2.14 bits per heavy atom. The second kappa shape index (κ2) is 17.0. The average molecular weight is 518 g/mol. The molecule has 0 bridgehead atoms. The lowest BCUT2D eigenvalue weighted by atomic mass is 9.97. The average Bonchev–Trinajstić information content (AvgIpc) is 2.82. The third kappa shape index (κ3) is 12.5. The Bertz CT molecular complexity index is 834. The van der Waals surface area contributed by atoms with Crippen LogP contribution in [0, 0.1) is 6.92 Å². The molecule has 0 heterocycles. The van der Waals surface area contributed by atoms with Crippen LogP contribution in [0.1, 0.15) is 116 Å². The molecule has 3 amide bonds. The zero-order valence-electron chi connectivity index (χ0n) is 24.3. The number of carbonyl (C=O) groups is 3. The van der Waals surface area contributed by atoms with Crippen LogP contribution < -0.4 is 10.6 Å². The number of hydrogen-bond acceptors (Lipinski definition) is 4. The monoisotopic (exact) mass is 517 g/mol. The molecule has 2 atom stereocenters. The number of benzene rings is 1. The smallest absolute Gasteiger partial charge is 0.408 e. The zero-order chi connectivity index (χ0) is 27.8. The fourth-order valence-electron chi connectivity index (χ4n) is 4.25. The van der Waals surface area contributed by atoms with Gasteiger partial charge in [-0.25, -0.2) is 4.79 Å². The van der Waals surface area contributed by atoms with Gasteiger partial charge in [0.25, 0.3) is 0 Å². The van der Waals surface area contributed by atoms with E-state index >= 15 is 0 Å². The van der Waals surface area contributed by atoms with E-state index in [2.05, 4.69) is 24.5 Å². The summed E-state index contributed by atoms with van der Waals surface area (Å²) in [4.78, 5) is 41.4. The molecule has 37 heavy (non-hydrogen) atoms. The SMILES string of the molecule is CCCCCCCCN(C(=O)C(C)NC(=O)OC(C)(C)C)C(C(=O)NCCCCC)c1ccccc1C. The van der Waals surface area contributed by atoms with Crippen LogP contribution in [0.3, 0.4) is 0 Å². The Labute approximate surface area is 225 Å². The molecule has 0 saturated heterocycles. The van der Waals surface area contributed by atoms with E-state index < -0.39 is 23.8 Å². The number of nitrogens with zero attached hydrogens (tertiary/aromatic N) is 1. The summed E-state index contributed by atoms with van der Waals surface area (Å²) in [5.74, 6) is -0.481. The fraction of sp³-hybridized carbons (Fsp3) is 0.700. The van der Waals surface area contributed by atoms with Crippen molar-refractivity contribution >= 4 is 17.9 Å². The van der Waals surface area contributed by atoms with E-state index in [1.54, 1.807) is 32.6 Å². The molecule has 2 unspecified atom stereocenters. The van der Waals surface area contributed by atoms with E-state index in [9.17, 15) is 14.4 Å². The van der Waals surface area contributed by atoms with Crippen molar-refractivity contribution in [1.82, 2.24) is 15.5 Å². The van der Waals surface area contributed by atoms with Gasteiger partial charge < -0.3 is 20.3 Å². The van der Waals surface area contributed by atoms with Crippen LogP contribution in [0.5, 0.6) is 0 Å². The largest absolute Gasteiger partial charge is 0.444 e. The van der Waals surface area contributed by atoms with Crippen LogP contribution in [0.25, 0.3) is 0 Å². The third-order valence-corrected chi connectivity index (χ3v) is 6.26. The Morgan fingerprint density at radius 1 is 0.919 bits per heavy atom. The van der Waals surface area contributed by atoms with Crippen LogP contribution in [-0.4, -0.2) is 47.5 Å². The predicted molar refractivity (Wildman–Crippen MR) is 150 cm³/mol. The van der Waals surface area contributed by atoms with Crippen molar-refractivity contribution in [2.75, 3.05) is 13.1 Å². The van der Waals surface area contributed by atoms with Crippen LogP contribution in [0.15, 0.2) is 24.3 Å². The summed E-state index contributed by atoms with van der Waals surface area (Å²) in [6.07, 6.45) is 8.75. The standard InChI is InChI=1S/C30H51N3O4/c1-8-10-12-13-14-18-22-33(28(35)24(4)32-29(36)37-30(5,6)7)26(25-20-16-15-19-23(25)3)27(34)31-21-17-11-9-2/h15-16,19-20,24,26H,8-14,17-18,21-22H2,1-7H3,(H,31,34)(H,32,36). The number of alkyl carbamates (subject to hydrolysis) is 1. The fourth-order valence-corrected chi connectivity index (χ4v) is 4.25. The molecule has 210 valence electrons. The first-order valence-corrected chi connectivity index (χ1v) is 14.1. The summed E-state index contributed by atoms with van der Waals surface area (Å²) >= 11 is 0. The summed E-state index contributed by atoms with van der Waals surface area (Å²) < 4.78 is 5.36. The molecule has 1 rings (SSSR count). The first kappa shape index (κ1) is 32.5. The molecule has 7 nitrogen and oxygen atoms in total. The number of nitrogens with one attached hydrogen (secondary N) is 2. The van der Waals surface area contributed by atoms with Gasteiger partial charge in [0.15, 0.2) is 0 Å². The molecule has 0 aliphatic heterocycles. The van der Waals surface area contributed by atoms with Crippen molar-refractivity contribution in [3.05, 3.63) is 35.4 Å². The minimum atomic E-state index is -0.839. The van der Waals surface area contributed by atoms with Crippen LogP contribution in [-0.2, 0) is 14.3 Å². The quantitative estimate of drug-likeness (QED) is 0.247. The van der Waals surface area contributed by atoms with Gasteiger partial charge in [-0.1, -0.05) is 83.1 Å². The van der Waals surface area contributed by atoms with Gasteiger partial charge in [-0.3, -0.25) is 9.59 Å². The van der Waals surface area contributed by atoms with E-state index in [0.717, 1.165) is 49.7 Å². The summed E-state index contributed by atoms with van der Waals surface area (Å²) in [6.45, 7) is 14.3. The lowest BCUT2D eigenvalue weighted by Gasteiger charge is -2.34. The van der Waals surface area contributed by atoms with Crippen LogP contribution >= 0.6 is 0 Å². The lowest BCUT2D eigenvalue weighted by molar-refractivity contribution is -0.142. The van der Waals surface area contributed by atoms with Crippen LogP contribution in [0.2, 0.25) is 0 Å². The lowest BCUT2D eigenvalue weighted by Crippen LogP contribution is -2.52. The van der Waals surface area contributed by atoms with Crippen molar-refractivity contribution in [1.29, 1.82) is 0 Å². The van der Waals surface area contributed by atoms with Gasteiger partial charge in [-0.15, -0.1) is 0 Å². The molecule has 0 radical (unpaired) electrons. The molecule has 0 fully saturated rings. The Balaban J connectivity index is 3.22. The van der Waals surface area contributed by atoms with Gasteiger partial charge in [0.05, 0.1) is 0 Å². The summed E-state index contributed by atoms with van der Waals surface area (Å²) in [7, 11) is 0. The Kier molecular flexibility index (Phi) is 14.9. The minimum Gasteiger partial charge on any atom is -0.444 e. The molecule has 7 heteroatoms. The predicted octanol–water partition coefficient (Wildman–Crippen LogP) is 6.44. The number of hydrogen-bond donors (Lipinski definition) is 2. The van der Waals surface area contributed by atoms with Crippen molar-refractivity contribution in [2.24, 2.45) is 0 Å². The third-order valence-electron chi connectivity index (χ3n) is 6.26. The summed E-state index contributed by atoms with van der Waals surface area (Å²) in [6, 6.07) is 6.10. The van der Waals surface area contributed by atoms with Crippen LogP contribution in [0.4, 0.5) is 4.79 Å². The van der Waals surface area contributed by atoms with Gasteiger partial charge in [-0.05, 0) is 58.6 Å². The topological polar surface area (TPSA) is 87.7 Å². The number of unbranched alkanes of at least 4 members (excludes halogenated alkanes) is 7. The highest BCUT2D eigenvalue weighted by Crippen LogP contribution is 2.26. The highest BCUT2D eigenvalue weighted by molar-refractivity contribution is 5.92. The van der Waals surface area contributed by atoms with Gasteiger partial charge in [-0.2, -0.15) is 0 Å². The number of ether oxygens (including phenoxy) is 1. The second-order valence-corrected chi connectivity index (χ2v) is 10.9. The molecule has 0 aromatic heterocycles.